The minimum absolute atomic E-state index is 0.0315. The lowest BCUT2D eigenvalue weighted by Crippen LogP contribution is -2.62. The predicted octanol–water partition coefficient (Wildman–Crippen LogP) is -11.6. The second-order valence-corrected chi connectivity index (χ2v) is 32.1. The van der Waals surface area contributed by atoms with Crippen molar-refractivity contribution in [2.45, 2.75) is 202 Å². The molecule has 2 bridgehead atoms. The van der Waals surface area contributed by atoms with Gasteiger partial charge in [0.25, 0.3) is 0 Å². The largest absolute Gasteiger partial charge is 0.394 e. The fraction of sp³-hybridized carbons (Fsp3) is 0.667. The molecule has 16 atom stereocenters. The molecule has 4 fully saturated rings. The number of aliphatic hydroxyl groups is 1. The molecule has 4 heterocycles. The number of rotatable bonds is 19. The van der Waals surface area contributed by atoms with Crippen molar-refractivity contribution >= 4 is 167 Å². The highest BCUT2D eigenvalue weighted by atomic mass is 33.1. The van der Waals surface area contributed by atoms with Gasteiger partial charge in [-0.3, -0.25) is 101 Å². The number of hydrogen-bond acceptors (Lipinski definition) is 27. The second kappa shape index (κ2) is 45.5. The Morgan fingerprint density at radius 1 is 0.459 bits per heavy atom. The molecule has 0 saturated carbocycles. The summed E-state index contributed by atoms with van der Waals surface area (Å²) in [6, 6.07) is -26.2. The lowest BCUT2D eigenvalue weighted by Gasteiger charge is -2.31. The van der Waals surface area contributed by atoms with Gasteiger partial charge in [-0.1, -0.05) is 77.3 Å². The molecule has 4 saturated heterocycles. The summed E-state index contributed by atoms with van der Waals surface area (Å²) in [6.07, 6.45) is -5.12. The molecule has 111 heavy (non-hydrogen) atoms. The summed E-state index contributed by atoms with van der Waals surface area (Å²) < 4.78 is 0. The third-order valence-electron chi connectivity index (χ3n) is 17.7. The molecule has 0 aromatic carbocycles. The number of amides is 21. The molecular weight excluding hydrogens is 1550 g/mol. The first kappa shape index (κ1) is 93.6. The van der Waals surface area contributed by atoms with Crippen molar-refractivity contribution in [2.75, 3.05) is 49.3 Å². The van der Waals surface area contributed by atoms with Crippen LogP contribution in [0.15, 0.2) is 0 Å². The maximum Gasteiger partial charge on any atom is 0.246 e. The van der Waals surface area contributed by atoms with E-state index >= 15 is 0 Å². The number of nitrogens with one attached hydrogen (secondary N) is 13. The standard InChI is InChI=1S/C63H100N22O22S4/c1-6-27(4)48-61(105)76-30(15-26(2)3)52(96)74-31(16-43(66)88)54(98)77-33(18-45(68)90)62(106)85-14-8-10-41(85)60(104)75-32(17-44(67)89)53(97)73-29(11-12-42(65)87)51(95)80-36(49(70)93)22-108-110-24-38-57(101)79-35(21-86)55(99)78-34(19-46(69)91)63(107)84-13-7-9-40(84)59(103)71-28(5)50(94)81-39(58(102)83-48)25-111-109-23-37(56(100)82-38)72-47(92)20-64/h26-41,48,86H,6-25,64H2,1-5H3,(H2,65,87)(H2,66,88)(H2,67,89)(H2,68,90)(H2,69,91)(H2,70,93)(H,71,103)(H,72,92)(H,73,97)(H,74,96)(H,75,104)(H,76,105)(H,77,98)(H,78,99)(H,79,101)(H,80,95)(H,81,94)(H,82,100)(H,83,102)/t27-,28-,29-,30-,31-,32-,33-,34-,35-,36-,37-,38-,39-,40-,41-,48-/m0/s1. The molecule has 618 valence electrons. The number of primary amides is 6. The van der Waals surface area contributed by atoms with Crippen molar-refractivity contribution in [3.05, 3.63) is 0 Å². The Kier molecular flexibility index (Phi) is 38.4. The first-order valence-electron chi connectivity index (χ1n) is 35.3. The maximum atomic E-state index is 14.9. The zero-order valence-corrected chi connectivity index (χ0v) is 64.8. The zero-order valence-electron chi connectivity index (χ0n) is 61.5. The molecular formula is C63H100N22O22S4. The Hall–Kier alpha value is -9.81. The van der Waals surface area contributed by atoms with Gasteiger partial charge in [0.15, 0.2) is 0 Å². The van der Waals surface area contributed by atoms with Crippen molar-refractivity contribution in [1.82, 2.24) is 78.9 Å². The van der Waals surface area contributed by atoms with E-state index in [1.807, 2.05) is 0 Å². The highest BCUT2D eigenvalue weighted by molar-refractivity contribution is 8.77. The number of nitrogens with two attached hydrogens (primary N) is 7. The van der Waals surface area contributed by atoms with Crippen molar-refractivity contribution in [1.29, 1.82) is 0 Å². The first-order valence-corrected chi connectivity index (χ1v) is 40.2. The van der Waals surface area contributed by atoms with E-state index in [0.717, 1.165) is 31.4 Å². The molecule has 48 heteroatoms. The van der Waals surface area contributed by atoms with Crippen molar-refractivity contribution in [2.24, 2.45) is 52.0 Å². The molecule has 4 aliphatic rings. The van der Waals surface area contributed by atoms with Crippen LogP contribution in [0.1, 0.15) is 112 Å². The Labute approximate surface area is 652 Å². The van der Waals surface area contributed by atoms with E-state index in [1.54, 1.807) is 27.7 Å². The number of carbonyl (C=O) groups is 21. The van der Waals surface area contributed by atoms with Crippen LogP contribution in [0.3, 0.4) is 0 Å². The predicted molar refractivity (Wildman–Crippen MR) is 398 cm³/mol. The molecule has 21 amide bonds. The normalized spacial score (nSPS) is 28.2. The third kappa shape index (κ3) is 30.1. The Morgan fingerprint density at radius 3 is 1.33 bits per heavy atom. The van der Waals surface area contributed by atoms with Crippen LogP contribution in [0.5, 0.6) is 0 Å². The summed E-state index contributed by atoms with van der Waals surface area (Å²) in [4.78, 5) is 292. The topological polar surface area (TPSA) is 724 Å². The van der Waals surface area contributed by atoms with Crippen molar-refractivity contribution in [3.8, 4) is 0 Å². The minimum atomic E-state index is -2.00. The van der Waals surface area contributed by atoms with E-state index in [9.17, 15) is 106 Å². The van der Waals surface area contributed by atoms with E-state index in [-0.39, 0.29) is 51.6 Å². The summed E-state index contributed by atoms with van der Waals surface area (Å²) in [5.41, 5.74) is 38.9. The molecule has 28 N–H and O–H groups in total. The quantitative estimate of drug-likeness (QED) is 0.0534. The van der Waals surface area contributed by atoms with Gasteiger partial charge in [-0.25, -0.2) is 0 Å². The lowest BCUT2D eigenvalue weighted by molar-refractivity contribution is -0.144. The minimum Gasteiger partial charge on any atom is -0.394 e. The average Bonchev–Trinajstić information content (AvgIpc) is 1.74. The molecule has 0 spiro atoms. The van der Waals surface area contributed by atoms with Crippen LogP contribution in [0.2, 0.25) is 0 Å². The molecule has 0 unspecified atom stereocenters. The summed E-state index contributed by atoms with van der Waals surface area (Å²) in [6.45, 7) is 5.35. The average molecular weight is 1650 g/mol. The van der Waals surface area contributed by atoms with Gasteiger partial charge < -0.3 is 124 Å². The Bertz CT molecular complexity index is 3510. The molecule has 0 aromatic heterocycles. The van der Waals surface area contributed by atoms with Gasteiger partial charge in [0.2, 0.25) is 124 Å². The van der Waals surface area contributed by atoms with Crippen LogP contribution in [0.4, 0.5) is 0 Å². The number of carbonyl (C=O) groups excluding carboxylic acids is 21. The van der Waals surface area contributed by atoms with Gasteiger partial charge in [-0.05, 0) is 57.3 Å². The monoisotopic (exact) mass is 1640 g/mol. The van der Waals surface area contributed by atoms with E-state index in [4.69, 9.17) is 40.1 Å². The smallest absolute Gasteiger partial charge is 0.246 e. The van der Waals surface area contributed by atoms with E-state index in [1.165, 1.54) is 6.92 Å². The van der Waals surface area contributed by atoms with E-state index in [0.29, 0.717) is 21.6 Å². The Morgan fingerprint density at radius 2 is 0.865 bits per heavy atom. The van der Waals surface area contributed by atoms with Gasteiger partial charge in [-0.15, -0.1) is 0 Å². The molecule has 0 radical (unpaired) electrons. The summed E-state index contributed by atoms with van der Waals surface area (Å²) in [7, 11) is 3.00. The number of aliphatic hydroxyl groups excluding tert-OH is 1. The second-order valence-electron chi connectivity index (χ2n) is 27.0. The number of fused-ring (bicyclic) bond motifs is 10. The van der Waals surface area contributed by atoms with Gasteiger partial charge in [-0.2, -0.15) is 0 Å². The molecule has 44 nitrogen and oxygen atoms in total. The number of nitrogens with zero attached hydrogens (tertiary/aromatic N) is 2. The summed E-state index contributed by atoms with van der Waals surface area (Å²) in [5, 5.41) is 41.7. The molecule has 0 aromatic rings. The van der Waals surface area contributed by atoms with E-state index < -0.39 is 301 Å². The SMILES string of the molecule is CC[C@H](C)[C@@H]1NC(=O)[C@@H]2CSSC[C@H](NC(=O)CN)C(=O)N[C@@H](CSSC[C@@H](C(N)=O)NC(=O)[C@H](CCC(N)=O)NC(=O)[C@H](CC(N)=O)NC(=O)[C@@H]3CCCN3C(=O)[C@H](CC(N)=O)NC(=O)[C@H](CC(N)=O)NC(=O)[C@H](CC(C)C)NC1=O)C(=O)N[C@@H](CO)C(=O)N[C@@H](CC(N)=O)C(=O)N1CCC[C@H]1C(=O)N[C@@H](C)C(=O)N2. The number of hydrogen-bond donors (Lipinski definition) is 21. The third-order valence-corrected chi connectivity index (χ3v) is 22.5. The summed E-state index contributed by atoms with van der Waals surface area (Å²) in [5.74, 6) is -27.3. The van der Waals surface area contributed by atoms with Gasteiger partial charge >= 0.3 is 0 Å². The fourth-order valence-electron chi connectivity index (χ4n) is 11.6. The molecule has 4 aliphatic heterocycles. The fourth-order valence-corrected chi connectivity index (χ4v) is 16.3. The van der Waals surface area contributed by atoms with Crippen LogP contribution in [0, 0.1) is 11.8 Å². The first-order chi connectivity index (χ1) is 52.2. The maximum absolute atomic E-state index is 14.9. The Balaban J connectivity index is 1.97. The van der Waals surface area contributed by atoms with Gasteiger partial charge in [0, 0.05) is 42.5 Å². The molecule has 0 aliphatic carbocycles. The van der Waals surface area contributed by atoms with Crippen LogP contribution in [-0.2, 0) is 101 Å². The van der Waals surface area contributed by atoms with Gasteiger partial charge in [0.1, 0.15) is 90.6 Å². The highest BCUT2D eigenvalue weighted by Crippen LogP contribution is 2.27. The van der Waals surface area contributed by atoms with E-state index in [2.05, 4.69) is 69.1 Å². The van der Waals surface area contributed by atoms with Crippen LogP contribution in [-0.4, -0.2) is 279 Å². The summed E-state index contributed by atoms with van der Waals surface area (Å²) >= 11 is 0. The van der Waals surface area contributed by atoms with Crippen LogP contribution < -0.4 is 109 Å². The van der Waals surface area contributed by atoms with Crippen molar-refractivity contribution in [3.63, 3.8) is 0 Å². The lowest BCUT2D eigenvalue weighted by atomic mass is 9.96. The van der Waals surface area contributed by atoms with Crippen LogP contribution >= 0.6 is 43.2 Å². The van der Waals surface area contributed by atoms with Crippen LogP contribution in [0.25, 0.3) is 0 Å². The highest BCUT2D eigenvalue weighted by Gasteiger charge is 2.44. The van der Waals surface area contributed by atoms with Gasteiger partial charge in [0.05, 0.1) is 38.8 Å². The van der Waals surface area contributed by atoms with Crippen molar-refractivity contribution < 1.29 is 106 Å². The molecule has 4 rings (SSSR count). The zero-order chi connectivity index (χ0) is 83.3.